The van der Waals surface area contributed by atoms with E-state index >= 15 is 0 Å². The van der Waals surface area contributed by atoms with E-state index in [0.717, 1.165) is 0 Å². The van der Waals surface area contributed by atoms with E-state index in [-0.39, 0.29) is 18.7 Å². The molecule has 2 rings (SSSR count). The number of nitrogens with one attached hydrogen (secondary N) is 1. The summed E-state index contributed by atoms with van der Waals surface area (Å²) >= 11 is 0. The number of carbonyl (C=O) groups excluding carboxylic acids is 1. The lowest BCUT2D eigenvalue weighted by Crippen LogP contribution is -2.49. The Kier molecular flexibility index (Phi) is 3.79. The number of aryl methyl sites for hydroxylation is 1. The van der Waals surface area contributed by atoms with Gasteiger partial charge in [-0.15, -0.1) is 5.10 Å². The normalized spacial score (nSPS) is 11.5. The van der Waals surface area contributed by atoms with Crippen molar-refractivity contribution in [3.05, 3.63) is 34.9 Å². The molecule has 112 valence electrons. The highest BCUT2D eigenvalue weighted by Crippen LogP contribution is 2.03. The fraction of sp³-hybridized carbons (Fsp3) is 0.385. The van der Waals surface area contributed by atoms with Crippen LogP contribution in [0.4, 0.5) is 0 Å². The van der Waals surface area contributed by atoms with Crippen molar-refractivity contribution >= 4 is 17.5 Å². The topological polar surface area (TPSA) is 106 Å². The molecule has 0 aliphatic rings. The highest BCUT2D eigenvalue weighted by molar-refractivity contribution is 5.86. The van der Waals surface area contributed by atoms with Gasteiger partial charge in [-0.2, -0.15) is 0 Å². The van der Waals surface area contributed by atoms with Crippen molar-refractivity contribution in [2.75, 3.05) is 0 Å². The van der Waals surface area contributed by atoms with E-state index in [1.54, 1.807) is 24.4 Å². The number of amides is 1. The Labute approximate surface area is 120 Å². The molecule has 2 N–H and O–H groups in total. The summed E-state index contributed by atoms with van der Waals surface area (Å²) < 4.78 is 2.56. The lowest BCUT2D eigenvalue weighted by Gasteiger charge is -2.20. The smallest absolute Gasteiger partial charge is 0.350 e. The number of carboxylic acid groups (broad SMARTS) is 1. The Bertz CT molecular complexity index is 744. The van der Waals surface area contributed by atoms with Gasteiger partial charge < -0.3 is 10.4 Å². The first-order valence-electron chi connectivity index (χ1n) is 6.40. The Morgan fingerprint density at radius 3 is 2.71 bits per heavy atom. The monoisotopic (exact) mass is 292 g/mol. The van der Waals surface area contributed by atoms with Crippen LogP contribution in [0.15, 0.2) is 29.2 Å². The summed E-state index contributed by atoms with van der Waals surface area (Å²) in [5.74, 6) is -1.58. The third kappa shape index (κ3) is 3.10. The van der Waals surface area contributed by atoms with E-state index in [0.29, 0.717) is 5.65 Å². The molecule has 0 aliphatic heterocycles. The molecule has 2 aromatic rings. The minimum Gasteiger partial charge on any atom is -0.480 e. The fourth-order valence-electron chi connectivity index (χ4n) is 1.79. The third-order valence-electron chi connectivity index (χ3n) is 3.03. The maximum absolute atomic E-state index is 12.0. The van der Waals surface area contributed by atoms with Gasteiger partial charge >= 0.3 is 11.7 Å². The first kappa shape index (κ1) is 14.8. The molecule has 2 aromatic heterocycles. The molecule has 0 unspecified atom stereocenters. The predicted octanol–water partition coefficient (Wildman–Crippen LogP) is -0.135. The number of fused-ring (bicyclic) bond motifs is 1. The molecule has 2 heterocycles. The second-order valence-corrected chi connectivity index (χ2v) is 5.16. The second kappa shape index (κ2) is 5.39. The quantitative estimate of drug-likeness (QED) is 0.798. The number of aromatic nitrogens is 3. The van der Waals surface area contributed by atoms with Crippen LogP contribution in [0, 0.1) is 0 Å². The van der Waals surface area contributed by atoms with Crippen LogP contribution in [0.3, 0.4) is 0 Å². The molecule has 1 amide bonds. The Balaban J connectivity index is 2.05. The molecule has 0 aliphatic carbocycles. The van der Waals surface area contributed by atoms with Gasteiger partial charge in [0.15, 0.2) is 5.65 Å². The van der Waals surface area contributed by atoms with Crippen LogP contribution in [0.1, 0.15) is 20.3 Å². The molecule has 0 fully saturated rings. The van der Waals surface area contributed by atoms with Crippen molar-refractivity contribution in [1.82, 2.24) is 19.5 Å². The van der Waals surface area contributed by atoms with Crippen molar-refractivity contribution in [1.29, 1.82) is 0 Å². The average Bonchev–Trinajstić information content (AvgIpc) is 2.73. The minimum absolute atomic E-state index is 0.0273. The standard InChI is InChI=1S/C13H16N4O4/c1-13(2,11(19)20)14-10(18)6-8-17-12(21)16-7-4-3-5-9(16)15-17/h3-5,7H,6,8H2,1-2H3,(H,14,18)(H,19,20). The first-order chi connectivity index (χ1) is 9.81. The molecule has 0 aromatic carbocycles. The number of hydrogen-bond acceptors (Lipinski definition) is 4. The van der Waals surface area contributed by atoms with Crippen LogP contribution in [0.5, 0.6) is 0 Å². The van der Waals surface area contributed by atoms with Crippen LogP contribution in [-0.2, 0) is 16.1 Å². The van der Waals surface area contributed by atoms with E-state index in [2.05, 4.69) is 10.4 Å². The van der Waals surface area contributed by atoms with Gasteiger partial charge in [0.25, 0.3) is 0 Å². The van der Waals surface area contributed by atoms with E-state index in [1.165, 1.54) is 22.9 Å². The molecule has 0 spiro atoms. The summed E-state index contributed by atoms with van der Waals surface area (Å²) in [7, 11) is 0. The second-order valence-electron chi connectivity index (χ2n) is 5.16. The molecule has 0 atom stereocenters. The van der Waals surface area contributed by atoms with E-state index in [9.17, 15) is 14.4 Å². The lowest BCUT2D eigenvalue weighted by molar-refractivity contribution is -0.146. The number of rotatable bonds is 5. The van der Waals surface area contributed by atoms with Crippen molar-refractivity contribution in [3.8, 4) is 0 Å². The Morgan fingerprint density at radius 2 is 2.10 bits per heavy atom. The zero-order valence-electron chi connectivity index (χ0n) is 11.7. The average molecular weight is 292 g/mol. The lowest BCUT2D eigenvalue weighted by atomic mass is 10.1. The SMILES string of the molecule is CC(C)(NC(=O)CCn1nc2ccccn2c1=O)C(=O)O. The van der Waals surface area contributed by atoms with Crippen molar-refractivity contribution in [2.24, 2.45) is 0 Å². The van der Waals surface area contributed by atoms with E-state index in [4.69, 9.17) is 5.11 Å². The predicted molar refractivity (Wildman–Crippen MR) is 73.9 cm³/mol. The summed E-state index contributed by atoms with van der Waals surface area (Å²) in [5.41, 5.74) is -1.19. The maximum atomic E-state index is 12.0. The Hall–Kier alpha value is -2.64. The van der Waals surface area contributed by atoms with Gasteiger partial charge in [0.2, 0.25) is 5.91 Å². The van der Waals surface area contributed by atoms with Crippen molar-refractivity contribution < 1.29 is 14.7 Å². The number of pyridine rings is 1. The number of aliphatic carboxylic acids is 1. The molecule has 0 saturated heterocycles. The van der Waals surface area contributed by atoms with Gasteiger partial charge in [-0.3, -0.25) is 9.20 Å². The molecular weight excluding hydrogens is 276 g/mol. The molecule has 21 heavy (non-hydrogen) atoms. The highest BCUT2D eigenvalue weighted by Gasteiger charge is 2.28. The highest BCUT2D eigenvalue weighted by atomic mass is 16.4. The van der Waals surface area contributed by atoms with Gasteiger partial charge in [-0.1, -0.05) is 6.07 Å². The summed E-state index contributed by atoms with van der Waals surface area (Å²) in [6.07, 6.45) is 1.56. The largest absolute Gasteiger partial charge is 0.480 e. The van der Waals surface area contributed by atoms with Crippen LogP contribution < -0.4 is 11.0 Å². The summed E-state index contributed by atoms with van der Waals surface area (Å²) in [6.45, 7) is 2.87. The summed E-state index contributed by atoms with van der Waals surface area (Å²) in [6, 6.07) is 5.15. The molecule has 0 saturated carbocycles. The third-order valence-corrected chi connectivity index (χ3v) is 3.03. The van der Waals surface area contributed by atoms with Crippen molar-refractivity contribution in [3.63, 3.8) is 0 Å². The maximum Gasteiger partial charge on any atom is 0.350 e. The number of carboxylic acids is 1. The Morgan fingerprint density at radius 1 is 1.38 bits per heavy atom. The van der Waals surface area contributed by atoms with Gasteiger partial charge in [-0.05, 0) is 26.0 Å². The molecule has 0 bridgehead atoms. The van der Waals surface area contributed by atoms with Crippen molar-refractivity contribution in [2.45, 2.75) is 32.4 Å². The summed E-state index contributed by atoms with van der Waals surface area (Å²) in [4.78, 5) is 34.6. The van der Waals surface area contributed by atoms with Gasteiger partial charge in [-0.25, -0.2) is 14.3 Å². The van der Waals surface area contributed by atoms with E-state index < -0.39 is 17.4 Å². The van der Waals surface area contributed by atoms with E-state index in [1.807, 2.05) is 0 Å². The molecule has 8 nitrogen and oxygen atoms in total. The van der Waals surface area contributed by atoms with Gasteiger partial charge in [0.05, 0.1) is 6.54 Å². The number of hydrogen-bond donors (Lipinski definition) is 2. The summed E-state index contributed by atoms with van der Waals surface area (Å²) in [5, 5.41) is 15.4. The molecule has 0 radical (unpaired) electrons. The van der Waals surface area contributed by atoms with Crippen LogP contribution in [0.2, 0.25) is 0 Å². The van der Waals surface area contributed by atoms with Gasteiger partial charge in [0, 0.05) is 12.6 Å². The van der Waals surface area contributed by atoms with Crippen LogP contribution >= 0.6 is 0 Å². The van der Waals surface area contributed by atoms with Gasteiger partial charge in [0.1, 0.15) is 5.54 Å². The fourth-order valence-corrected chi connectivity index (χ4v) is 1.79. The zero-order valence-corrected chi connectivity index (χ0v) is 11.7. The number of carbonyl (C=O) groups is 2. The first-order valence-corrected chi connectivity index (χ1v) is 6.40. The van der Waals surface area contributed by atoms with Crippen LogP contribution in [-0.4, -0.2) is 36.7 Å². The molecule has 8 heteroatoms. The minimum atomic E-state index is -1.35. The zero-order chi connectivity index (χ0) is 15.6. The van der Waals surface area contributed by atoms with Crippen LogP contribution in [0.25, 0.3) is 5.65 Å². The number of nitrogens with zero attached hydrogens (tertiary/aromatic N) is 3. The molecular formula is C13H16N4O4.